The van der Waals surface area contributed by atoms with E-state index in [-0.39, 0.29) is 10.6 Å². The van der Waals surface area contributed by atoms with Crippen molar-refractivity contribution in [3.8, 4) is 5.75 Å². The molecule has 0 aliphatic heterocycles. The summed E-state index contributed by atoms with van der Waals surface area (Å²) in [7, 11) is 2.98. The summed E-state index contributed by atoms with van der Waals surface area (Å²) in [6, 6.07) is 5.96. The van der Waals surface area contributed by atoms with E-state index in [0.717, 1.165) is 17.6 Å². The summed E-state index contributed by atoms with van der Waals surface area (Å²) in [6.45, 7) is 0. The first-order valence-electron chi connectivity index (χ1n) is 8.78. The molecule has 1 unspecified atom stereocenters. The van der Waals surface area contributed by atoms with Crippen molar-refractivity contribution in [3.63, 3.8) is 0 Å². The molecule has 12 heteroatoms. The van der Waals surface area contributed by atoms with Crippen LogP contribution in [0.4, 0.5) is 18.9 Å². The maximum Gasteiger partial charge on any atom is 0.450 e. The van der Waals surface area contributed by atoms with Crippen LogP contribution in [0, 0.1) is 0 Å². The average molecular weight is 454 g/mol. The molecule has 164 valence electrons. The number of rotatable bonds is 7. The number of aromatic nitrogens is 3. The number of benzene rings is 1. The minimum atomic E-state index is -5.09. The van der Waals surface area contributed by atoms with E-state index in [9.17, 15) is 27.0 Å². The summed E-state index contributed by atoms with van der Waals surface area (Å²) in [6.07, 6.45) is -3.66. The second-order valence-electron chi connectivity index (χ2n) is 6.47. The van der Waals surface area contributed by atoms with Crippen LogP contribution in [0.25, 0.3) is 10.9 Å². The lowest BCUT2D eigenvalue weighted by Gasteiger charge is -2.22. The van der Waals surface area contributed by atoms with Crippen molar-refractivity contribution in [2.75, 3.05) is 18.5 Å². The summed E-state index contributed by atoms with van der Waals surface area (Å²) in [4.78, 5) is 26.9. The van der Waals surface area contributed by atoms with Crippen molar-refractivity contribution < 1.29 is 31.7 Å². The Bertz CT molecular complexity index is 1180. The largest absolute Gasteiger partial charge is 0.494 e. The fourth-order valence-electron chi connectivity index (χ4n) is 2.92. The number of hydrogen-bond acceptors (Lipinski definition) is 6. The minimum Gasteiger partial charge on any atom is -0.494 e. The zero-order valence-electron chi connectivity index (χ0n) is 16.6. The van der Waals surface area contributed by atoms with Gasteiger partial charge in [0.2, 0.25) is 5.78 Å². The Kier molecular flexibility index (Phi) is 6.11. The first-order chi connectivity index (χ1) is 14.5. The van der Waals surface area contributed by atoms with Gasteiger partial charge in [-0.1, -0.05) is 0 Å². The van der Waals surface area contributed by atoms with Crippen LogP contribution in [0.5, 0.6) is 5.75 Å². The molecule has 1 atom stereocenters. The van der Waals surface area contributed by atoms with Gasteiger partial charge >= 0.3 is 6.18 Å². The van der Waals surface area contributed by atoms with E-state index >= 15 is 0 Å². The number of ketones is 2. The van der Waals surface area contributed by atoms with Crippen LogP contribution >= 0.6 is 0 Å². The van der Waals surface area contributed by atoms with Crippen molar-refractivity contribution in [2.45, 2.75) is 17.5 Å². The lowest BCUT2D eigenvalue weighted by Crippen LogP contribution is -2.25. The van der Waals surface area contributed by atoms with E-state index < -0.39 is 35.1 Å². The van der Waals surface area contributed by atoms with Gasteiger partial charge in [-0.15, -0.1) is 0 Å². The molecular formula is C19H17F3N4O4S. The van der Waals surface area contributed by atoms with E-state index in [1.807, 2.05) is 6.07 Å². The number of aryl methyl sites for hydroxylation is 1. The predicted octanol–water partition coefficient (Wildman–Crippen LogP) is 2.84. The molecule has 0 saturated heterocycles. The monoisotopic (exact) mass is 454 g/mol. The molecule has 31 heavy (non-hydrogen) atoms. The van der Waals surface area contributed by atoms with Crippen LogP contribution in [-0.2, 0) is 22.8 Å². The van der Waals surface area contributed by atoms with Crippen LogP contribution in [0.2, 0.25) is 0 Å². The highest BCUT2D eigenvalue weighted by Gasteiger charge is 2.39. The van der Waals surface area contributed by atoms with Crippen LogP contribution in [0.3, 0.4) is 0 Å². The number of carbonyl (C=O) groups is 2. The topological polar surface area (TPSA) is 94.4 Å². The Labute approximate surface area is 177 Å². The van der Waals surface area contributed by atoms with Crippen molar-refractivity contribution >= 4 is 39.1 Å². The summed E-state index contributed by atoms with van der Waals surface area (Å²) >= 11 is 0. The van der Waals surface area contributed by atoms with Crippen molar-refractivity contribution in [1.29, 1.82) is 0 Å². The Morgan fingerprint density at radius 1 is 1.19 bits per heavy atom. The standard InChI is InChI=1S/C19H17F3N4O4S/c1-25-17-11(9-24-25)4-7-15(30-3)18(17)26(2)31(29)12-5-6-13(23-10-12)14(27)8-16(28)19(20,21)22/h4-7,9-10H,8H2,1-3H3. The van der Waals surface area contributed by atoms with Gasteiger partial charge in [0.25, 0.3) is 0 Å². The molecule has 3 aromatic rings. The SMILES string of the molecule is COc1ccc2cnn(C)c2c1N(C)S(=O)c1ccc(C(=O)CC(=O)C(F)(F)F)nc1. The van der Waals surface area contributed by atoms with Gasteiger partial charge in [0, 0.05) is 25.7 Å². The van der Waals surface area contributed by atoms with Gasteiger partial charge in [-0.2, -0.15) is 18.3 Å². The third-order valence-corrected chi connectivity index (χ3v) is 5.81. The molecule has 3 rings (SSSR count). The summed E-state index contributed by atoms with van der Waals surface area (Å²) < 4.78 is 58.6. The molecule has 0 radical (unpaired) electrons. The number of methoxy groups -OCH3 is 1. The number of pyridine rings is 1. The number of nitrogens with zero attached hydrogens (tertiary/aromatic N) is 4. The van der Waals surface area contributed by atoms with Crippen molar-refractivity contribution in [3.05, 3.63) is 42.4 Å². The first kappa shape index (κ1) is 22.4. The number of carbonyl (C=O) groups excluding carboxylic acids is 2. The zero-order chi connectivity index (χ0) is 22.9. The van der Waals surface area contributed by atoms with Gasteiger partial charge < -0.3 is 4.74 Å². The van der Waals surface area contributed by atoms with Gasteiger partial charge in [0.15, 0.2) is 16.8 Å². The molecule has 0 N–H and O–H groups in total. The quantitative estimate of drug-likeness (QED) is 0.403. The van der Waals surface area contributed by atoms with Gasteiger partial charge in [-0.05, 0) is 24.3 Å². The highest BCUT2D eigenvalue weighted by Crippen LogP contribution is 2.37. The zero-order valence-corrected chi connectivity index (χ0v) is 17.5. The van der Waals surface area contributed by atoms with Gasteiger partial charge in [-0.25, -0.2) is 4.21 Å². The van der Waals surface area contributed by atoms with Crippen molar-refractivity contribution in [2.24, 2.45) is 7.05 Å². The van der Waals surface area contributed by atoms with E-state index in [1.165, 1.54) is 17.5 Å². The van der Waals surface area contributed by atoms with Crippen LogP contribution in [-0.4, -0.2) is 50.9 Å². The molecule has 0 aliphatic rings. The number of ether oxygens (including phenoxy) is 1. The Hall–Kier alpha value is -3.28. The van der Waals surface area contributed by atoms with E-state index in [0.29, 0.717) is 17.0 Å². The molecule has 0 fully saturated rings. The van der Waals surface area contributed by atoms with Gasteiger partial charge in [0.05, 0.1) is 30.1 Å². The number of alkyl halides is 3. The van der Waals surface area contributed by atoms with E-state index in [1.54, 1.807) is 31.0 Å². The first-order valence-corrected chi connectivity index (χ1v) is 9.89. The van der Waals surface area contributed by atoms with Crippen LogP contribution in [0.15, 0.2) is 41.6 Å². The number of Topliss-reactive ketones (excluding diaryl/α,β-unsaturated/α-hetero) is 2. The molecule has 8 nitrogen and oxygen atoms in total. The molecule has 2 heterocycles. The molecular weight excluding hydrogens is 437 g/mol. The average Bonchev–Trinajstić information content (AvgIpc) is 3.12. The third kappa shape index (κ3) is 4.43. The number of halogens is 3. The Morgan fingerprint density at radius 2 is 1.90 bits per heavy atom. The summed E-state index contributed by atoms with van der Waals surface area (Å²) in [5.74, 6) is -2.77. The summed E-state index contributed by atoms with van der Waals surface area (Å²) in [5.41, 5.74) is 0.863. The lowest BCUT2D eigenvalue weighted by atomic mass is 10.1. The summed E-state index contributed by atoms with van der Waals surface area (Å²) in [5, 5.41) is 5.00. The molecule has 0 bridgehead atoms. The Balaban J connectivity index is 1.87. The van der Waals surface area contributed by atoms with Gasteiger partial charge in [-0.3, -0.25) is 23.6 Å². The normalized spacial score (nSPS) is 12.6. The fraction of sp³-hybridized carbons (Fsp3) is 0.263. The molecule has 0 amide bonds. The van der Waals surface area contributed by atoms with E-state index in [4.69, 9.17) is 4.74 Å². The molecule has 0 aliphatic carbocycles. The number of hydrogen-bond donors (Lipinski definition) is 0. The van der Waals surface area contributed by atoms with Crippen LogP contribution < -0.4 is 9.04 Å². The second-order valence-corrected chi connectivity index (χ2v) is 7.99. The fourth-order valence-corrected chi connectivity index (χ4v) is 3.91. The highest BCUT2D eigenvalue weighted by molar-refractivity contribution is 7.86. The maximum absolute atomic E-state index is 13.1. The number of fused-ring (bicyclic) bond motifs is 1. The third-order valence-electron chi connectivity index (χ3n) is 4.48. The predicted molar refractivity (Wildman–Crippen MR) is 106 cm³/mol. The Morgan fingerprint density at radius 3 is 2.48 bits per heavy atom. The second kappa shape index (κ2) is 8.46. The molecule has 2 aromatic heterocycles. The van der Waals surface area contributed by atoms with E-state index in [2.05, 4.69) is 10.1 Å². The lowest BCUT2D eigenvalue weighted by molar-refractivity contribution is -0.170. The van der Waals surface area contributed by atoms with Gasteiger partial charge in [0.1, 0.15) is 17.1 Å². The van der Waals surface area contributed by atoms with Crippen LogP contribution in [0.1, 0.15) is 16.9 Å². The maximum atomic E-state index is 13.1. The minimum absolute atomic E-state index is 0.197. The van der Waals surface area contributed by atoms with Crippen molar-refractivity contribution in [1.82, 2.24) is 14.8 Å². The molecule has 0 saturated carbocycles. The molecule has 0 spiro atoms. The number of anilines is 1. The smallest absolute Gasteiger partial charge is 0.450 e. The molecule has 1 aromatic carbocycles. The highest BCUT2D eigenvalue weighted by atomic mass is 32.2.